The number of aromatic nitrogens is 6. The Hall–Kier alpha value is -0.600. The lowest BCUT2D eigenvalue weighted by Crippen LogP contribution is -2.31. The summed E-state index contributed by atoms with van der Waals surface area (Å²) in [5, 5.41) is 14.8. The number of carbonyl (C=O) groups excluding carboxylic acids is 1. The van der Waals surface area contributed by atoms with Gasteiger partial charge in [-0.05, 0) is 12.8 Å². The summed E-state index contributed by atoms with van der Waals surface area (Å²) in [5.41, 5.74) is 0.367. The Kier molecular flexibility index (Phi) is 5.79. The molecule has 0 atom stereocenters. The Bertz CT molecular complexity index is 678. The van der Waals surface area contributed by atoms with Gasteiger partial charge in [0.15, 0.2) is 0 Å². The topological polar surface area (TPSA) is 78.5 Å². The van der Waals surface area contributed by atoms with E-state index in [9.17, 15) is 4.79 Å². The number of hydrogen-bond donors (Lipinski definition) is 0. The maximum atomic E-state index is 12.4. The highest BCUT2D eigenvalue weighted by atomic mass is 35.6. The molecular weight excluding hydrogens is 409 g/mol. The van der Waals surface area contributed by atoms with Crippen LogP contribution in [0.2, 0.25) is 0 Å². The third-order valence-electron chi connectivity index (χ3n) is 2.98. The summed E-state index contributed by atoms with van der Waals surface area (Å²) in [7, 11) is 0. The van der Waals surface area contributed by atoms with Gasteiger partial charge in [-0.15, -0.1) is 10.2 Å². The van der Waals surface area contributed by atoms with Crippen LogP contribution in [0.1, 0.15) is 31.2 Å². The minimum Gasteiger partial charge on any atom is -0.243 e. The number of alkyl halides is 5. The third-order valence-corrected chi connectivity index (χ3v) is 5.34. The highest BCUT2D eigenvalue weighted by Gasteiger charge is 2.51. The minimum atomic E-state index is -2.06. The van der Waals surface area contributed by atoms with Crippen molar-refractivity contribution in [1.82, 2.24) is 30.0 Å². The predicted octanol–water partition coefficient (Wildman–Crippen LogP) is 3.73. The molecule has 0 aliphatic heterocycles. The van der Waals surface area contributed by atoms with Crippen LogP contribution in [-0.4, -0.2) is 39.8 Å². The largest absolute Gasteiger partial charge is 0.372 e. The maximum Gasteiger partial charge on any atom is 0.372 e. The summed E-state index contributed by atoms with van der Waals surface area (Å²) in [6.45, 7) is 1.98. The van der Waals surface area contributed by atoms with E-state index in [-0.39, 0.29) is 5.69 Å². The number of unbranched alkanes of at least 4 members (excludes halogenated alkanes) is 1. The van der Waals surface area contributed by atoms with E-state index in [1.54, 1.807) is 0 Å². The molecule has 0 saturated carbocycles. The van der Waals surface area contributed by atoms with Gasteiger partial charge in [-0.25, -0.2) is 4.79 Å². The van der Waals surface area contributed by atoms with Crippen LogP contribution in [0.15, 0.2) is 12.4 Å². The molecular formula is C11H11Cl5N6O. The molecule has 0 spiro atoms. The van der Waals surface area contributed by atoms with Gasteiger partial charge in [0.25, 0.3) is 0 Å². The fourth-order valence-corrected chi connectivity index (χ4v) is 2.37. The molecule has 0 N–H and O–H groups in total. The monoisotopic (exact) mass is 418 g/mol. The fraction of sp³-hybridized carbons (Fsp3) is 0.545. The normalized spacial score (nSPS) is 12.6. The Balaban J connectivity index is 2.51. The summed E-state index contributed by atoms with van der Waals surface area (Å²) in [5.74, 6) is 0. The molecule has 0 aliphatic rings. The van der Waals surface area contributed by atoms with E-state index in [1.807, 2.05) is 6.92 Å². The molecule has 0 fully saturated rings. The first kappa shape index (κ1) is 18.7. The van der Waals surface area contributed by atoms with Crippen molar-refractivity contribution in [3.05, 3.63) is 23.8 Å². The van der Waals surface area contributed by atoms with E-state index in [1.165, 1.54) is 12.4 Å². The van der Waals surface area contributed by atoms with Gasteiger partial charge in [0.2, 0.25) is 8.13 Å². The Labute approximate surface area is 156 Å². The second-order valence-corrected chi connectivity index (χ2v) is 8.21. The van der Waals surface area contributed by atoms with Crippen LogP contribution in [0.25, 0.3) is 0 Å². The summed E-state index contributed by atoms with van der Waals surface area (Å²) in [6.07, 6.45) is 4.73. The number of rotatable bonds is 4. The SMILES string of the molecule is CCCCc1c(C(Cl)(Cl)C(Cl)(Cl)Cl)nnn1C(=O)n1ccnn1. The van der Waals surface area contributed by atoms with Gasteiger partial charge in [-0.2, -0.15) is 9.36 Å². The van der Waals surface area contributed by atoms with Crippen LogP contribution in [0.5, 0.6) is 0 Å². The van der Waals surface area contributed by atoms with Gasteiger partial charge in [0, 0.05) is 0 Å². The molecule has 0 unspecified atom stereocenters. The maximum absolute atomic E-state index is 12.4. The van der Waals surface area contributed by atoms with Gasteiger partial charge < -0.3 is 0 Å². The fourth-order valence-electron chi connectivity index (χ4n) is 1.81. The van der Waals surface area contributed by atoms with Crippen LogP contribution in [0.3, 0.4) is 0 Å². The lowest BCUT2D eigenvalue weighted by atomic mass is 10.1. The highest BCUT2D eigenvalue weighted by Crippen LogP contribution is 2.53. The molecule has 2 heterocycles. The molecule has 0 aromatic carbocycles. The zero-order chi connectivity index (χ0) is 17.3. The quantitative estimate of drug-likeness (QED) is 0.705. The second kappa shape index (κ2) is 7.11. The van der Waals surface area contributed by atoms with Crippen molar-refractivity contribution in [3.63, 3.8) is 0 Å². The van der Waals surface area contributed by atoms with Crippen molar-refractivity contribution in [3.8, 4) is 0 Å². The molecule has 2 aromatic heterocycles. The molecule has 0 radical (unpaired) electrons. The van der Waals surface area contributed by atoms with Crippen LogP contribution < -0.4 is 0 Å². The molecule has 2 aromatic rings. The Morgan fingerprint density at radius 1 is 1.22 bits per heavy atom. The molecule has 126 valence electrons. The third kappa shape index (κ3) is 3.74. The molecule has 0 saturated heterocycles. The Morgan fingerprint density at radius 3 is 2.43 bits per heavy atom. The molecule has 0 bridgehead atoms. The van der Waals surface area contributed by atoms with Crippen LogP contribution in [0, 0.1) is 0 Å². The average Bonchev–Trinajstić information content (AvgIpc) is 3.12. The van der Waals surface area contributed by atoms with Crippen LogP contribution >= 0.6 is 58.0 Å². The molecule has 7 nitrogen and oxygen atoms in total. The van der Waals surface area contributed by atoms with Gasteiger partial charge in [-0.3, -0.25) is 0 Å². The van der Waals surface area contributed by atoms with Crippen LogP contribution in [0.4, 0.5) is 4.79 Å². The van der Waals surface area contributed by atoms with Crippen molar-refractivity contribution in [1.29, 1.82) is 0 Å². The van der Waals surface area contributed by atoms with Crippen LogP contribution in [-0.2, 0) is 10.8 Å². The van der Waals surface area contributed by atoms with Crippen molar-refractivity contribution >= 4 is 64.0 Å². The number of nitrogens with zero attached hydrogens (tertiary/aromatic N) is 6. The molecule has 0 amide bonds. The summed E-state index contributed by atoms with van der Waals surface area (Å²) < 4.78 is -2.02. The first-order valence-electron chi connectivity index (χ1n) is 6.50. The van der Waals surface area contributed by atoms with E-state index in [2.05, 4.69) is 20.6 Å². The number of carbonyl (C=O) groups is 1. The summed E-state index contributed by atoms with van der Waals surface area (Å²) in [6, 6.07) is -0.596. The average molecular weight is 421 g/mol. The predicted molar refractivity (Wildman–Crippen MR) is 88.5 cm³/mol. The van der Waals surface area contributed by atoms with Crippen molar-refractivity contribution in [2.24, 2.45) is 0 Å². The van der Waals surface area contributed by atoms with Crippen molar-refractivity contribution in [2.45, 2.75) is 34.3 Å². The molecule has 0 aliphatic carbocycles. The van der Waals surface area contributed by atoms with Gasteiger partial charge >= 0.3 is 6.03 Å². The summed E-state index contributed by atoms with van der Waals surface area (Å²) >= 11 is 29.8. The van der Waals surface area contributed by atoms with Gasteiger partial charge in [0.05, 0.1) is 18.1 Å². The summed E-state index contributed by atoms with van der Waals surface area (Å²) in [4.78, 5) is 12.4. The second-order valence-electron chi connectivity index (χ2n) is 4.60. The standard InChI is InChI=1S/C11H11Cl5N6O/c1-2-3-4-7-8(10(12,13)11(14,15)16)18-20-22(7)9(23)21-6-5-17-19-21/h5-6H,2-4H2,1H3. The minimum absolute atomic E-state index is 0.0164. The smallest absolute Gasteiger partial charge is 0.243 e. The Morgan fingerprint density at radius 2 is 1.91 bits per heavy atom. The van der Waals surface area contributed by atoms with E-state index < -0.39 is 14.2 Å². The first-order chi connectivity index (χ1) is 10.7. The van der Waals surface area contributed by atoms with E-state index in [0.29, 0.717) is 12.1 Å². The number of hydrogen-bond acceptors (Lipinski definition) is 5. The molecule has 23 heavy (non-hydrogen) atoms. The zero-order valence-electron chi connectivity index (χ0n) is 11.8. The molecule has 2 rings (SSSR count). The molecule has 12 heteroatoms. The van der Waals surface area contributed by atoms with E-state index in [0.717, 1.165) is 22.2 Å². The zero-order valence-corrected chi connectivity index (χ0v) is 15.5. The lowest BCUT2D eigenvalue weighted by Gasteiger charge is -2.26. The van der Waals surface area contributed by atoms with E-state index >= 15 is 0 Å². The highest BCUT2D eigenvalue weighted by molar-refractivity contribution is 6.75. The van der Waals surface area contributed by atoms with Crippen molar-refractivity contribution in [2.75, 3.05) is 0 Å². The number of halogens is 5. The van der Waals surface area contributed by atoms with Gasteiger partial charge in [0.1, 0.15) is 5.69 Å². The van der Waals surface area contributed by atoms with Crippen molar-refractivity contribution < 1.29 is 4.79 Å². The first-order valence-corrected chi connectivity index (χ1v) is 8.39. The van der Waals surface area contributed by atoms with Gasteiger partial charge in [-0.1, -0.05) is 81.8 Å². The van der Waals surface area contributed by atoms with E-state index in [4.69, 9.17) is 58.0 Å². The lowest BCUT2D eigenvalue weighted by molar-refractivity contribution is 0.236.